The third kappa shape index (κ3) is 2.46. The van der Waals surface area contributed by atoms with Crippen LogP contribution in [0, 0.1) is 12.7 Å². The van der Waals surface area contributed by atoms with Gasteiger partial charge in [0.15, 0.2) is 0 Å². The average Bonchev–Trinajstić information content (AvgIpc) is 2.60. The number of hydrogen-bond donors (Lipinski definition) is 0. The Bertz CT molecular complexity index is 1020. The molecule has 0 saturated heterocycles. The first-order chi connectivity index (χ1) is 11.9. The molecule has 25 heavy (non-hydrogen) atoms. The fourth-order valence-corrected chi connectivity index (χ4v) is 3.66. The van der Waals surface area contributed by atoms with Gasteiger partial charge in [-0.2, -0.15) is 0 Å². The van der Waals surface area contributed by atoms with Crippen LogP contribution < -0.4 is 0 Å². The number of nitrogens with zero attached hydrogens (tertiary/aromatic N) is 2. The van der Waals surface area contributed by atoms with Gasteiger partial charge < -0.3 is 0 Å². The van der Waals surface area contributed by atoms with Crippen LogP contribution in [-0.2, 0) is 0 Å². The van der Waals surface area contributed by atoms with Crippen molar-refractivity contribution in [2.24, 2.45) is 4.99 Å². The molecule has 0 bridgehead atoms. The largest absolute Gasteiger partial charge is 0.276 e. The number of rotatable bonds is 1. The predicted octanol–water partition coefficient (Wildman–Crippen LogP) is 5.42. The minimum atomic E-state index is -0.311. The van der Waals surface area contributed by atoms with E-state index in [0.717, 1.165) is 33.4 Å². The molecule has 3 aromatic rings. The number of hydrogen-bond acceptors (Lipinski definition) is 2. The van der Waals surface area contributed by atoms with Crippen LogP contribution in [0.1, 0.15) is 49.1 Å². The van der Waals surface area contributed by atoms with Crippen LogP contribution in [0.4, 0.5) is 4.39 Å². The Kier molecular flexibility index (Phi) is 3.50. The van der Waals surface area contributed by atoms with Crippen molar-refractivity contribution in [3.8, 4) is 0 Å². The van der Waals surface area contributed by atoms with Gasteiger partial charge in [0, 0.05) is 16.9 Å². The van der Waals surface area contributed by atoms with Gasteiger partial charge >= 0.3 is 0 Å². The standard InChI is InChI=1S/C22H21FN2/c1-13-17(23)11-10-16-20(13)14(2)22(3,4)25-21(16)19-12-9-15-7-5-6-8-18(15)24-19/h5-12,14H,1-4H3. The van der Waals surface area contributed by atoms with E-state index in [1.54, 1.807) is 0 Å². The zero-order chi connectivity index (χ0) is 17.8. The van der Waals surface area contributed by atoms with Crippen molar-refractivity contribution in [2.75, 3.05) is 0 Å². The fourth-order valence-electron chi connectivity index (χ4n) is 3.66. The van der Waals surface area contributed by atoms with Crippen LogP contribution >= 0.6 is 0 Å². The average molecular weight is 332 g/mol. The maximum Gasteiger partial charge on any atom is 0.126 e. The highest BCUT2D eigenvalue weighted by Crippen LogP contribution is 2.41. The van der Waals surface area contributed by atoms with Crippen molar-refractivity contribution in [3.05, 3.63) is 76.7 Å². The summed E-state index contributed by atoms with van der Waals surface area (Å²) in [6, 6.07) is 15.5. The van der Waals surface area contributed by atoms with Crippen LogP contribution in [0.25, 0.3) is 10.9 Å². The Morgan fingerprint density at radius 3 is 2.56 bits per heavy atom. The van der Waals surface area contributed by atoms with E-state index in [9.17, 15) is 4.39 Å². The monoisotopic (exact) mass is 332 g/mol. The van der Waals surface area contributed by atoms with Gasteiger partial charge in [-0.3, -0.25) is 4.99 Å². The van der Waals surface area contributed by atoms with Gasteiger partial charge in [0.05, 0.1) is 22.5 Å². The van der Waals surface area contributed by atoms with Gasteiger partial charge in [0.25, 0.3) is 0 Å². The fraction of sp³-hybridized carbons (Fsp3) is 0.273. The maximum atomic E-state index is 14.2. The third-order valence-electron chi connectivity index (χ3n) is 5.44. The summed E-state index contributed by atoms with van der Waals surface area (Å²) in [6.45, 7) is 8.19. The zero-order valence-electron chi connectivity index (χ0n) is 15.0. The summed E-state index contributed by atoms with van der Waals surface area (Å²) in [7, 11) is 0. The number of benzene rings is 2. The zero-order valence-corrected chi connectivity index (χ0v) is 15.0. The molecule has 0 saturated carbocycles. The molecule has 3 heteroatoms. The summed E-state index contributed by atoms with van der Waals surface area (Å²) in [6.07, 6.45) is 0. The lowest BCUT2D eigenvalue weighted by Crippen LogP contribution is -2.34. The van der Waals surface area contributed by atoms with E-state index in [1.807, 2.05) is 43.3 Å². The number of pyridine rings is 1. The number of aromatic nitrogens is 1. The van der Waals surface area contributed by atoms with Crippen LogP contribution in [0.2, 0.25) is 0 Å². The molecule has 2 heterocycles. The minimum absolute atomic E-state index is 0.141. The molecule has 0 radical (unpaired) electrons. The van der Waals surface area contributed by atoms with Crippen LogP contribution in [0.3, 0.4) is 0 Å². The molecule has 0 spiro atoms. The second kappa shape index (κ2) is 5.48. The Balaban J connectivity index is 1.98. The van der Waals surface area contributed by atoms with E-state index >= 15 is 0 Å². The molecule has 1 unspecified atom stereocenters. The molecular weight excluding hydrogens is 311 g/mol. The summed E-state index contributed by atoms with van der Waals surface area (Å²) in [5, 5.41) is 1.10. The van der Waals surface area contributed by atoms with Gasteiger partial charge in [-0.15, -0.1) is 0 Å². The molecule has 0 fully saturated rings. The Labute approximate surface area is 147 Å². The van der Waals surface area contributed by atoms with E-state index in [0.29, 0.717) is 5.56 Å². The molecule has 2 aromatic carbocycles. The van der Waals surface area contributed by atoms with Crippen molar-refractivity contribution in [1.82, 2.24) is 4.98 Å². The van der Waals surface area contributed by atoms with Gasteiger partial charge in [-0.05, 0) is 56.2 Å². The van der Waals surface area contributed by atoms with E-state index in [2.05, 4.69) is 26.8 Å². The van der Waals surface area contributed by atoms with Gasteiger partial charge in [0.1, 0.15) is 5.82 Å². The highest BCUT2D eigenvalue weighted by atomic mass is 19.1. The first kappa shape index (κ1) is 15.9. The smallest absolute Gasteiger partial charge is 0.126 e. The lowest BCUT2D eigenvalue weighted by Gasteiger charge is -2.36. The normalized spacial score (nSPS) is 18.8. The van der Waals surface area contributed by atoms with Crippen LogP contribution in [0.5, 0.6) is 0 Å². The number of fused-ring (bicyclic) bond motifs is 2. The molecule has 0 aliphatic carbocycles. The maximum absolute atomic E-state index is 14.2. The summed E-state index contributed by atoms with van der Waals surface area (Å²) in [5.74, 6) is -0.0171. The molecule has 4 rings (SSSR count). The number of aliphatic imine (C=N–C) groups is 1. The topological polar surface area (TPSA) is 25.2 Å². The van der Waals surface area contributed by atoms with E-state index in [4.69, 9.17) is 9.98 Å². The molecule has 1 aliphatic rings. The highest BCUT2D eigenvalue weighted by Gasteiger charge is 2.36. The van der Waals surface area contributed by atoms with Gasteiger partial charge in [-0.25, -0.2) is 9.37 Å². The first-order valence-corrected chi connectivity index (χ1v) is 8.64. The summed E-state index contributed by atoms with van der Waals surface area (Å²) >= 11 is 0. The third-order valence-corrected chi connectivity index (χ3v) is 5.44. The minimum Gasteiger partial charge on any atom is -0.276 e. The van der Waals surface area contributed by atoms with Crippen molar-refractivity contribution in [3.63, 3.8) is 0 Å². The molecule has 1 atom stereocenters. The first-order valence-electron chi connectivity index (χ1n) is 8.64. The van der Waals surface area contributed by atoms with Crippen molar-refractivity contribution < 1.29 is 4.39 Å². The van der Waals surface area contributed by atoms with Gasteiger partial charge in [0.2, 0.25) is 0 Å². The number of halogens is 1. The molecule has 0 amide bonds. The van der Waals surface area contributed by atoms with E-state index in [1.165, 1.54) is 6.07 Å². The molecule has 2 nitrogen and oxygen atoms in total. The highest BCUT2D eigenvalue weighted by molar-refractivity contribution is 6.14. The number of para-hydroxylation sites is 1. The molecule has 1 aromatic heterocycles. The Morgan fingerprint density at radius 2 is 1.76 bits per heavy atom. The molecule has 126 valence electrons. The second-order valence-corrected chi connectivity index (χ2v) is 7.36. The van der Waals surface area contributed by atoms with E-state index < -0.39 is 0 Å². The predicted molar refractivity (Wildman–Crippen MR) is 101 cm³/mol. The molecular formula is C22H21FN2. The van der Waals surface area contributed by atoms with Crippen molar-refractivity contribution >= 4 is 16.6 Å². The summed E-state index contributed by atoms with van der Waals surface area (Å²) < 4.78 is 14.2. The van der Waals surface area contributed by atoms with Crippen molar-refractivity contribution in [2.45, 2.75) is 39.2 Å². The van der Waals surface area contributed by atoms with Crippen LogP contribution in [0.15, 0.2) is 53.5 Å². The van der Waals surface area contributed by atoms with Gasteiger partial charge in [-0.1, -0.05) is 31.2 Å². The van der Waals surface area contributed by atoms with Crippen molar-refractivity contribution in [1.29, 1.82) is 0 Å². The Morgan fingerprint density at radius 1 is 1.00 bits per heavy atom. The van der Waals surface area contributed by atoms with E-state index in [-0.39, 0.29) is 17.3 Å². The Hall–Kier alpha value is -2.55. The molecule has 1 aliphatic heterocycles. The van der Waals surface area contributed by atoms with Crippen LogP contribution in [-0.4, -0.2) is 16.2 Å². The SMILES string of the molecule is Cc1c(F)ccc2c1C(C)C(C)(C)N=C2c1ccc2ccccc2n1. The summed E-state index contributed by atoms with van der Waals surface area (Å²) in [4.78, 5) is 9.83. The summed E-state index contributed by atoms with van der Waals surface area (Å²) in [5.41, 5.74) is 5.08. The molecule has 0 N–H and O–H groups in total. The quantitative estimate of drug-likeness (QED) is 0.584. The second-order valence-electron chi connectivity index (χ2n) is 7.36. The lowest BCUT2D eigenvalue weighted by molar-refractivity contribution is 0.428. The lowest BCUT2D eigenvalue weighted by atomic mass is 9.75.